The average Bonchev–Trinajstić information content (AvgIpc) is 3.10. The molecule has 0 bridgehead atoms. The van der Waals surface area contributed by atoms with Crippen LogP contribution in [0, 0.1) is 0 Å². The molecule has 1 amide bonds. The van der Waals surface area contributed by atoms with Crippen molar-refractivity contribution in [3.8, 4) is 0 Å². The number of amides is 1. The number of nitrogens with two attached hydrogens (primary N) is 1. The van der Waals surface area contributed by atoms with Crippen molar-refractivity contribution in [1.29, 1.82) is 0 Å². The number of hydrogen-bond donors (Lipinski definition) is 3. The van der Waals surface area contributed by atoms with E-state index in [4.69, 9.17) is 5.73 Å². The first-order valence-corrected chi connectivity index (χ1v) is 10.00. The molecular weight excluding hydrogens is 368 g/mol. The number of carboxylic acids is 1. The zero-order valence-corrected chi connectivity index (χ0v) is 16.5. The highest BCUT2D eigenvalue weighted by atomic mass is 16.4. The smallest absolute Gasteiger partial charge is 0.335 e. The van der Waals surface area contributed by atoms with Crippen molar-refractivity contribution in [1.82, 2.24) is 4.90 Å². The molecule has 0 saturated carbocycles. The predicted octanol–water partition coefficient (Wildman–Crippen LogP) is 2.44. The van der Waals surface area contributed by atoms with Gasteiger partial charge in [0.2, 0.25) is 5.66 Å². The van der Waals surface area contributed by atoms with Gasteiger partial charge in [0.15, 0.2) is 0 Å². The Hall–Kier alpha value is -3.06. The first-order chi connectivity index (χ1) is 14.0. The second-order valence-corrected chi connectivity index (χ2v) is 7.66. The van der Waals surface area contributed by atoms with Crippen molar-refractivity contribution in [2.24, 2.45) is 5.73 Å². The summed E-state index contributed by atoms with van der Waals surface area (Å²) in [4.78, 5) is 28.9. The van der Waals surface area contributed by atoms with Gasteiger partial charge in [0.1, 0.15) is 0 Å². The van der Waals surface area contributed by atoms with Crippen LogP contribution in [0.25, 0.3) is 0 Å². The van der Waals surface area contributed by atoms with E-state index in [9.17, 15) is 14.7 Å². The van der Waals surface area contributed by atoms with E-state index in [2.05, 4.69) is 22.0 Å². The number of primary amides is 1. The molecule has 2 atom stereocenters. The quantitative estimate of drug-likeness (QED) is 0.720. The van der Waals surface area contributed by atoms with Crippen molar-refractivity contribution in [2.75, 3.05) is 29.9 Å². The molecule has 2 aliphatic rings. The summed E-state index contributed by atoms with van der Waals surface area (Å²) in [7, 11) is 0. The first kappa shape index (κ1) is 19.3. The lowest BCUT2D eigenvalue weighted by Crippen LogP contribution is -2.63. The molecule has 2 aromatic carbocycles. The molecule has 2 unspecified atom stereocenters. The van der Waals surface area contributed by atoms with E-state index in [-0.39, 0.29) is 11.6 Å². The Morgan fingerprint density at radius 1 is 1.24 bits per heavy atom. The van der Waals surface area contributed by atoms with Gasteiger partial charge in [-0.3, -0.25) is 4.79 Å². The number of likely N-dealkylation sites (N-methyl/N-ethyl adjacent to an activating group) is 1. The van der Waals surface area contributed by atoms with Crippen LogP contribution < -0.4 is 16.0 Å². The number of fused-ring (bicyclic) bond motifs is 1. The van der Waals surface area contributed by atoms with Gasteiger partial charge >= 0.3 is 5.97 Å². The molecule has 0 aromatic heterocycles. The number of carbonyl (C=O) groups excluding carboxylic acids is 1. The number of piperidine rings is 1. The van der Waals surface area contributed by atoms with Crippen LogP contribution in [0.1, 0.15) is 35.7 Å². The molecule has 4 N–H and O–H groups in total. The number of aromatic carboxylic acids is 1. The maximum absolute atomic E-state index is 13.0. The third kappa shape index (κ3) is 3.11. The van der Waals surface area contributed by atoms with Crippen LogP contribution in [0.15, 0.2) is 48.5 Å². The van der Waals surface area contributed by atoms with Crippen LogP contribution in [-0.4, -0.2) is 47.6 Å². The molecular formula is C22H26N4O3. The van der Waals surface area contributed by atoms with Crippen LogP contribution in [0.2, 0.25) is 0 Å². The largest absolute Gasteiger partial charge is 0.478 e. The van der Waals surface area contributed by atoms with E-state index in [1.165, 1.54) is 0 Å². The number of hydrogen-bond acceptors (Lipinski definition) is 5. The molecule has 2 aromatic rings. The van der Waals surface area contributed by atoms with Crippen LogP contribution in [-0.2, 0) is 10.5 Å². The Morgan fingerprint density at radius 2 is 2.00 bits per heavy atom. The molecule has 2 aliphatic heterocycles. The van der Waals surface area contributed by atoms with E-state index >= 15 is 0 Å². The second kappa shape index (κ2) is 7.40. The fraction of sp³-hybridized carbons (Fsp3) is 0.364. The molecule has 0 aliphatic carbocycles. The summed E-state index contributed by atoms with van der Waals surface area (Å²) < 4.78 is 0. The lowest BCUT2D eigenvalue weighted by Gasteiger charge is -2.46. The number of nitrogens with one attached hydrogen (secondary N) is 1. The highest BCUT2D eigenvalue weighted by molar-refractivity contribution is 6.00. The van der Waals surface area contributed by atoms with Crippen molar-refractivity contribution in [3.63, 3.8) is 0 Å². The second-order valence-electron chi connectivity index (χ2n) is 7.66. The third-order valence-corrected chi connectivity index (χ3v) is 6.02. The minimum absolute atomic E-state index is 0.0702. The Labute approximate surface area is 170 Å². The van der Waals surface area contributed by atoms with E-state index in [1.54, 1.807) is 18.2 Å². The standard InChI is InChI=1S/C22H26N4O3/c1-2-25-12-6-9-17(14-25)26-19-11-10-15(20(27)28)13-18(19)24-22(26,21(23)29)16-7-4-3-5-8-16/h3-5,7-8,10-11,13,17,24H,2,6,9,12,14H2,1H3,(H2,23,29)(H,27,28). The molecule has 152 valence electrons. The lowest BCUT2D eigenvalue weighted by atomic mass is 9.93. The van der Waals surface area contributed by atoms with E-state index in [0.29, 0.717) is 5.69 Å². The van der Waals surface area contributed by atoms with Gasteiger partial charge in [-0.25, -0.2) is 4.79 Å². The molecule has 7 heteroatoms. The van der Waals surface area contributed by atoms with Crippen LogP contribution in [0.4, 0.5) is 11.4 Å². The predicted molar refractivity (Wildman–Crippen MR) is 112 cm³/mol. The SMILES string of the molecule is CCN1CCCC(N2c3ccc(C(=O)O)cc3NC2(C(N)=O)c2ccccc2)C1. The van der Waals surface area contributed by atoms with Gasteiger partial charge in [0, 0.05) is 18.2 Å². The third-order valence-electron chi connectivity index (χ3n) is 6.02. The Balaban J connectivity index is 1.88. The zero-order valence-electron chi connectivity index (χ0n) is 16.5. The number of anilines is 2. The summed E-state index contributed by atoms with van der Waals surface area (Å²) in [5.74, 6) is -1.52. The summed E-state index contributed by atoms with van der Waals surface area (Å²) in [6.07, 6.45) is 1.96. The zero-order chi connectivity index (χ0) is 20.6. The van der Waals surface area contributed by atoms with Gasteiger partial charge < -0.3 is 26.0 Å². The highest BCUT2D eigenvalue weighted by Crippen LogP contribution is 2.48. The number of carbonyl (C=O) groups is 2. The molecule has 0 radical (unpaired) electrons. The van der Waals surface area contributed by atoms with E-state index in [1.807, 2.05) is 30.3 Å². The normalized spacial score (nSPS) is 24.0. The molecule has 4 rings (SSSR count). The van der Waals surface area contributed by atoms with Gasteiger partial charge in [-0.2, -0.15) is 0 Å². The van der Waals surface area contributed by atoms with Crippen LogP contribution >= 0.6 is 0 Å². The van der Waals surface area contributed by atoms with Crippen molar-refractivity contribution >= 4 is 23.3 Å². The highest BCUT2D eigenvalue weighted by Gasteiger charge is 2.53. The topological polar surface area (TPSA) is 98.9 Å². The number of likely N-dealkylation sites (tertiary alicyclic amines) is 1. The van der Waals surface area contributed by atoms with Crippen molar-refractivity contribution in [2.45, 2.75) is 31.5 Å². The summed E-state index contributed by atoms with van der Waals surface area (Å²) >= 11 is 0. The molecule has 1 fully saturated rings. The minimum atomic E-state index is -1.26. The fourth-order valence-electron chi connectivity index (χ4n) is 4.63. The van der Waals surface area contributed by atoms with Gasteiger partial charge in [-0.1, -0.05) is 37.3 Å². The van der Waals surface area contributed by atoms with Crippen LogP contribution in [0.5, 0.6) is 0 Å². The lowest BCUT2D eigenvalue weighted by molar-refractivity contribution is -0.122. The summed E-state index contributed by atoms with van der Waals surface area (Å²) in [5.41, 5.74) is 7.10. The molecule has 7 nitrogen and oxygen atoms in total. The summed E-state index contributed by atoms with van der Waals surface area (Å²) in [5, 5.41) is 12.7. The van der Waals surface area contributed by atoms with Gasteiger partial charge in [0.25, 0.3) is 5.91 Å². The number of benzene rings is 2. The number of carboxylic acid groups (broad SMARTS) is 1. The average molecular weight is 394 g/mol. The molecule has 1 saturated heterocycles. The van der Waals surface area contributed by atoms with Crippen molar-refractivity contribution < 1.29 is 14.7 Å². The van der Waals surface area contributed by atoms with Gasteiger partial charge in [0.05, 0.1) is 16.9 Å². The molecule has 29 heavy (non-hydrogen) atoms. The van der Waals surface area contributed by atoms with Crippen molar-refractivity contribution in [3.05, 3.63) is 59.7 Å². The minimum Gasteiger partial charge on any atom is -0.478 e. The van der Waals surface area contributed by atoms with E-state index < -0.39 is 17.5 Å². The summed E-state index contributed by atoms with van der Waals surface area (Å²) in [6.45, 7) is 4.93. The monoisotopic (exact) mass is 394 g/mol. The van der Waals surface area contributed by atoms with E-state index in [0.717, 1.165) is 43.7 Å². The number of nitrogens with zero attached hydrogens (tertiary/aromatic N) is 2. The first-order valence-electron chi connectivity index (χ1n) is 10.00. The molecule has 0 spiro atoms. The maximum atomic E-state index is 13.0. The van der Waals surface area contributed by atoms with Crippen LogP contribution in [0.3, 0.4) is 0 Å². The number of rotatable bonds is 5. The Bertz CT molecular complexity index is 933. The van der Waals surface area contributed by atoms with Gasteiger partial charge in [-0.05, 0) is 44.1 Å². The maximum Gasteiger partial charge on any atom is 0.335 e. The Morgan fingerprint density at radius 3 is 2.66 bits per heavy atom. The fourth-order valence-corrected chi connectivity index (χ4v) is 4.63. The Kier molecular flexibility index (Phi) is 4.92. The molecule has 2 heterocycles. The summed E-state index contributed by atoms with van der Waals surface area (Å²) in [6, 6.07) is 14.4. The van der Waals surface area contributed by atoms with Gasteiger partial charge in [-0.15, -0.1) is 0 Å².